The van der Waals surface area contributed by atoms with Crippen molar-refractivity contribution in [3.63, 3.8) is 0 Å². The predicted octanol–water partition coefficient (Wildman–Crippen LogP) is 4.73. The summed E-state index contributed by atoms with van der Waals surface area (Å²) in [6.45, 7) is 1.66. The molecule has 0 aromatic heterocycles. The van der Waals surface area contributed by atoms with Gasteiger partial charge in [-0.3, -0.25) is 14.9 Å². The standard InChI is InChI=1S/C20H18ClN3O3/c21-14-5-6-17-15(12-14)16(20(25)22-17)10-13-4-7-18(19(11-13)24(26)27)23-8-2-1-3-9-23/h4-7,10-12H,1-3,8-9H2,(H,22,25)/b16-10+. The van der Waals surface area contributed by atoms with E-state index < -0.39 is 0 Å². The van der Waals surface area contributed by atoms with Gasteiger partial charge in [-0.2, -0.15) is 0 Å². The number of benzene rings is 2. The molecule has 0 bridgehead atoms. The third-order valence-corrected chi connectivity index (χ3v) is 5.20. The first-order valence-electron chi connectivity index (χ1n) is 8.89. The lowest BCUT2D eigenvalue weighted by Gasteiger charge is -2.28. The van der Waals surface area contributed by atoms with Crippen LogP contribution in [0.25, 0.3) is 11.6 Å². The lowest BCUT2D eigenvalue weighted by Crippen LogP contribution is -2.29. The Bertz CT molecular complexity index is 965. The van der Waals surface area contributed by atoms with E-state index in [9.17, 15) is 14.9 Å². The van der Waals surface area contributed by atoms with Crippen molar-refractivity contribution in [3.05, 3.63) is 62.7 Å². The number of hydrogen-bond donors (Lipinski definition) is 1. The Morgan fingerprint density at radius 2 is 1.89 bits per heavy atom. The second kappa shape index (κ2) is 7.04. The molecule has 1 N–H and O–H groups in total. The Morgan fingerprint density at radius 1 is 1.11 bits per heavy atom. The van der Waals surface area contributed by atoms with Gasteiger partial charge >= 0.3 is 0 Å². The van der Waals surface area contributed by atoms with E-state index in [0.29, 0.717) is 33.1 Å². The molecular weight excluding hydrogens is 366 g/mol. The summed E-state index contributed by atoms with van der Waals surface area (Å²) >= 11 is 6.05. The van der Waals surface area contributed by atoms with Gasteiger partial charge in [-0.15, -0.1) is 0 Å². The number of carbonyl (C=O) groups is 1. The van der Waals surface area contributed by atoms with Crippen LogP contribution in [0.4, 0.5) is 17.1 Å². The van der Waals surface area contributed by atoms with Crippen LogP contribution in [0, 0.1) is 10.1 Å². The zero-order valence-electron chi connectivity index (χ0n) is 14.6. The Morgan fingerprint density at radius 3 is 2.63 bits per heavy atom. The second-order valence-electron chi connectivity index (χ2n) is 6.76. The number of piperidine rings is 1. The third-order valence-electron chi connectivity index (χ3n) is 4.97. The molecule has 2 aromatic carbocycles. The number of halogens is 1. The lowest BCUT2D eigenvalue weighted by molar-refractivity contribution is -0.384. The highest BCUT2D eigenvalue weighted by atomic mass is 35.5. The minimum atomic E-state index is -0.356. The fourth-order valence-electron chi connectivity index (χ4n) is 3.65. The maximum Gasteiger partial charge on any atom is 0.293 e. The molecule has 0 aliphatic carbocycles. The normalized spacial score (nSPS) is 17.7. The Labute approximate surface area is 161 Å². The summed E-state index contributed by atoms with van der Waals surface area (Å²) in [5.41, 5.74) is 3.16. The lowest BCUT2D eigenvalue weighted by atomic mass is 10.0. The molecule has 0 atom stereocenters. The molecule has 138 valence electrons. The molecule has 0 saturated carbocycles. The van der Waals surface area contributed by atoms with Crippen LogP contribution in [0.15, 0.2) is 36.4 Å². The zero-order chi connectivity index (χ0) is 19.0. The quantitative estimate of drug-likeness (QED) is 0.472. The minimum absolute atomic E-state index is 0.0657. The number of rotatable bonds is 3. The molecular formula is C20H18ClN3O3. The molecule has 2 aliphatic rings. The zero-order valence-corrected chi connectivity index (χ0v) is 15.3. The monoisotopic (exact) mass is 383 g/mol. The van der Waals surface area contributed by atoms with Crippen LogP contribution in [-0.2, 0) is 4.79 Å². The molecule has 0 radical (unpaired) electrons. The number of amides is 1. The van der Waals surface area contributed by atoms with Crippen LogP contribution in [-0.4, -0.2) is 23.9 Å². The Hall–Kier alpha value is -2.86. The average molecular weight is 384 g/mol. The van der Waals surface area contributed by atoms with Crippen LogP contribution in [0.3, 0.4) is 0 Å². The van der Waals surface area contributed by atoms with E-state index in [1.165, 1.54) is 6.07 Å². The van der Waals surface area contributed by atoms with E-state index in [2.05, 4.69) is 10.2 Å². The van der Waals surface area contributed by atoms with E-state index in [1.807, 2.05) is 6.07 Å². The number of fused-ring (bicyclic) bond motifs is 1. The number of nitrogens with zero attached hydrogens (tertiary/aromatic N) is 2. The van der Waals surface area contributed by atoms with Crippen molar-refractivity contribution in [2.24, 2.45) is 0 Å². The van der Waals surface area contributed by atoms with Gasteiger partial charge in [0.25, 0.3) is 11.6 Å². The van der Waals surface area contributed by atoms with Gasteiger partial charge in [-0.25, -0.2) is 0 Å². The van der Waals surface area contributed by atoms with Crippen molar-refractivity contribution in [1.82, 2.24) is 0 Å². The van der Waals surface area contributed by atoms with Gasteiger partial charge in [0, 0.05) is 41.0 Å². The molecule has 4 rings (SSSR count). The first-order chi connectivity index (χ1) is 13.0. The smallest absolute Gasteiger partial charge is 0.293 e. The van der Waals surface area contributed by atoms with E-state index in [0.717, 1.165) is 32.4 Å². The van der Waals surface area contributed by atoms with Crippen molar-refractivity contribution in [2.75, 3.05) is 23.3 Å². The van der Waals surface area contributed by atoms with Crippen molar-refractivity contribution in [1.29, 1.82) is 0 Å². The highest BCUT2D eigenvalue weighted by Crippen LogP contribution is 2.37. The number of hydrogen-bond acceptors (Lipinski definition) is 4. The van der Waals surface area contributed by atoms with Crippen LogP contribution < -0.4 is 10.2 Å². The summed E-state index contributed by atoms with van der Waals surface area (Å²) in [5, 5.41) is 14.9. The molecule has 0 spiro atoms. The molecule has 27 heavy (non-hydrogen) atoms. The largest absolute Gasteiger partial charge is 0.366 e. The average Bonchev–Trinajstić information content (AvgIpc) is 2.97. The highest BCUT2D eigenvalue weighted by molar-refractivity contribution is 6.36. The van der Waals surface area contributed by atoms with Crippen molar-refractivity contribution >= 4 is 46.2 Å². The molecule has 6 nitrogen and oxygen atoms in total. The van der Waals surface area contributed by atoms with Crippen LogP contribution in [0.2, 0.25) is 5.02 Å². The summed E-state index contributed by atoms with van der Waals surface area (Å²) in [6, 6.07) is 10.3. The van der Waals surface area contributed by atoms with E-state index in [4.69, 9.17) is 11.6 Å². The summed E-state index contributed by atoms with van der Waals surface area (Å²) in [6.07, 6.45) is 4.91. The fraction of sp³-hybridized carbons (Fsp3) is 0.250. The van der Waals surface area contributed by atoms with Crippen molar-refractivity contribution in [3.8, 4) is 0 Å². The van der Waals surface area contributed by atoms with Gasteiger partial charge in [0.05, 0.1) is 4.92 Å². The molecule has 2 aromatic rings. The molecule has 1 fully saturated rings. The Kier molecular flexibility index (Phi) is 4.58. The number of nitrogens with one attached hydrogen (secondary N) is 1. The summed E-state index contributed by atoms with van der Waals surface area (Å²) in [5.74, 6) is -0.241. The highest BCUT2D eigenvalue weighted by Gasteiger charge is 2.25. The van der Waals surface area contributed by atoms with Gasteiger partial charge in [0.1, 0.15) is 5.69 Å². The first-order valence-corrected chi connectivity index (χ1v) is 9.27. The molecule has 7 heteroatoms. The molecule has 2 heterocycles. The van der Waals surface area contributed by atoms with E-state index in [1.54, 1.807) is 30.3 Å². The fourth-order valence-corrected chi connectivity index (χ4v) is 3.82. The molecule has 1 saturated heterocycles. The van der Waals surface area contributed by atoms with Gasteiger partial charge in [0.2, 0.25) is 0 Å². The van der Waals surface area contributed by atoms with Gasteiger partial charge in [-0.1, -0.05) is 17.7 Å². The Balaban J connectivity index is 1.74. The number of nitro groups is 1. The van der Waals surface area contributed by atoms with E-state index >= 15 is 0 Å². The van der Waals surface area contributed by atoms with Crippen molar-refractivity contribution in [2.45, 2.75) is 19.3 Å². The summed E-state index contributed by atoms with van der Waals surface area (Å²) in [4.78, 5) is 25.6. The summed E-state index contributed by atoms with van der Waals surface area (Å²) in [7, 11) is 0. The maximum absolute atomic E-state index is 12.3. The summed E-state index contributed by atoms with van der Waals surface area (Å²) < 4.78 is 0. The second-order valence-corrected chi connectivity index (χ2v) is 7.19. The number of carbonyl (C=O) groups excluding carboxylic acids is 1. The molecule has 0 unspecified atom stereocenters. The third kappa shape index (κ3) is 3.40. The van der Waals surface area contributed by atoms with Crippen LogP contribution in [0.5, 0.6) is 0 Å². The topological polar surface area (TPSA) is 75.5 Å². The first kappa shape index (κ1) is 17.5. The van der Waals surface area contributed by atoms with Gasteiger partial charge in [0.15, 0.2) is 0 Å². The van der Waals surface area contributed by atoms with Crippen molar-refractivity contribution < 1.29 is 9.72 Å². The number of nitro benzene ring substituents is 1. The minimum Gasteiger partial charge on any atom is -0.366 e. The molecule has 1 amide bonds. The van der Waals surface area contributed by atoms with E-state index in [-0.39, 0.29) is 16.5 Å². The maximum atomic E-state index is 12.3. The SMILES string of the molecule is O=C1Nc2ccc(Cl)cc2/C1=C\c1ccc(N2CCCCC2)c([N+](=O)[O-])c1. The van der Waals surface area contributed by atoms with Gasteiger partial charge < -0.3 is 10.2 Å². The van der Waals surface area contributed by atoms with Crippen LogP contribution >= 0.6 is 11.6 Å². The van der Waals surface area contributed by atoms with Gasteiger partial charge in [-0.05, 0) is 55.2 Å². The predicted molar refractivity (Wildman–Crippen MR) is 107 cm³/mol. The van der Waals surface area contributed by atoms with Crippen LogP contribution in [0.1, 0.15) is 30.4 Å². The number of anilines is 2. The molecule has 2 aliphatic heterocycles.